The molecule has 12 aromatic rings. The van der Waals surface area contributed by atoms with Gasteiger partial charge in [-0.25, -0.2) is 9.97 Å². The van der Waals surface area contributed by atoms with E-state index in [1.807, 2.05) is 51.7 Å². The van der Waals surface area contributed by atoms with E-state index >= 15 is 0 Å². The predicted octanol–water partition coefficient (Wildman–Crippen LogP) is 25.5. The van der Waals surface area contributed by atoms with Gasteiger partial charge in [-0.3, -0.25) is 4.57 Å². The number of halogens is 15. The first-order valence-electron chi connectivity index (χ1n) is 34.0. The number of fused-ring (bicyclic) bond motifs is 4. The molecule has 0 aliphatic rings. The van der Waals surface area contributed by atoms with Gasteiger partial charge in [-0.1, -0.05) is 87.9 Å². The molecule has 28 heteroatoms. The lowest BCUT2D eigenvalue weighted by Gasteiger charge is -2.12. The Bertz CT molecular complexity index is 5770. The van der Waals surface area contributed by atoms with Crippen LogP contribution in [-0.2, 0) is 60.0 Å². The van der Waals surface area contributed by atoms with Gasteiger partial charge in [0.2, 0.25) is 7.37 Å². The number of alkyl halides is 12. The maximum atomic E-state index is 13.2. The van der Waals surface area contributed by atoms with Gasteiger partial charge in [-0.2, -0.15) is 73.7 Å². The third-order valence-corrected chi connectivity index (χ3v) is 20.4. The lowest BCUT2D eigenvalue weighted by Crippen LogP contribution is -2.07. The van der Waals surface area contributed by atoms with Gasteiger partial charge in [0.1, 0.15) is 22.7 Å². The fourth-order valence-electron chi connectivity index (χ4n) is 12.7. The van der Waals surface area contributed by atoms with Crippen molar-refractivity contribution in [1.82, 2.24) is 28.2 Å². The molecule has 0 aliphatic carbocycles. The van der Waals surface area contributed by atoms with Gasteiger partial charge in [0, 0.05) is 151 Å². The molecular formula is C84H68BrCl2F12N10O2P. The first-order chi connectivity index (χ1) is 52.6. The summed E-state index contributed by atoms with van der Waals surface area (Å²) in [6.07, 6.45) is -0.585. The number of nitrogens with zero attached hydrogens (tertiary/aromatic N) is 10. The molecule has 0 radical (unpaired) electrons. The number of nitriles is 4. The van der Waals surface area contributed by atoms with Crippen LogP contribution in [0.3, 0.4) is 0 Å². The summed E-state index contributed by atoms with van der Waals surface area (Å²) in [5.74, 6) is 0. The van der Waals surface area contributed by atoms with E-state index in [0.717, 1.165) is 85.3 Å². The topological polar surface area (TPSA) is 167 Å². The monoisotopic (exact) mass is 1660 g/mol. The Kier molecular flexibility index (Phi) is 26.8. The number of hydrogen-bond acceptors (Lipinski definition) is 8. The van der Waals surface area contributed by atoms with Crippen molar-refractivity contribution in [2.75, 3.05) is 13.3 Å². The second-order valence-corrected chi connectivity index (χ2v) is 30.7. The fourth-order valence-corrected chi connectivity index (χ4v) is 14.8. The molecule has 112 heavy (non-hydrogen) atoms. The highest BCUT2D eigenvalue weighted by Gasteiger charge is 2.34. The predicted molar refractivity (Wildman–Crippen MR) is 419 cm³/mol. The van der Waals surface area contributed by atoms with E-state index in [1.165, 1.54) is 18.8 Å². The Labute approximate surface area is 655 Å². The second kappa shape index (κ2) is 35.2. The molecule has 12 rings (SSSR count). The molecule has 6 aromatic carbocycles. The van der Waals surface area contributed by atoms with Crippen LogP contribution in [0, 0.1) is 73.0 Å². The number of aromatic nitrogens is 6. The second-order valence-electron chi connectivity index (χ2n) is 26.6. The summed E-state index contributed by atoms with van der Waals surface area (Å²) in [6.45, 7) is 15.9. The lowest BCUT2D eigenvalue weighted by atomic mass is 10.1. The van der Waals surface area contributed by atoms with Crippen LogP contribution in [0.15, 0.2) is 191 Å². The van der Waals surface area contributed by atoms with E-state index in [9.17, 15) is 62.5 Å². The van der Waals surface area contributed by atoms with Gasteiger partial charge in [0.25, 0.3) is 0 Å². The smallest absolute Gasteiger partial charge is 0.342 e. The number of allylic oxidation sites excluding steroid dienone is 4. The van der Waals surface area contributed by atoms with Crippen molar-refractivity contribution >= 4 is 115 Å². The minimum Gasteiger partial charge on any atom is -0.342 e. The number of pyridine rings is 2. The molecular weight excluding hydrogens is 1590 g/mol. The van der Waals surface area contributed by atoms with Gasteiger partial charge in [-0.15, -0.1) is 0 Å². The van der Waals surface area contributed by atoms with Crippen molar-refractivity contribution in [3.63, 3.8) is 0 Å². The molecule has 0 amide bonds. The molecule has 0 N–H and O–H groups in total. The minimum absolute atomic E-state index is 0.0344. The maximum absolute atomic E-state index is 13.2. The zero-order valence-corrected chi connectivity index (χ0v) is 65.3. The van der Waals surface area contributed by atoms with Crippen LogP contribution in [-0.4, -0.2) is 41.5 Å². The summed E-state index contributed by atoms with van der Waals surface area (Å²) < 4.78 is 184. The highest BCUT2D eigenvalue weighted by atomic mass is 79.9. The molecule has 0 bridgehead atoms. The molecule has 6 aromatic heterocycles. The largest absolute Gasteiger partial charge is 0.416 e. The Morgan fingerprint density at radius 2 is 0.839 bits per heavy atom. The Balaban J connectivity index is 0.000000172. The molecule has 0 saturated heterocycles. The molecule has 0 spiro atoms. The molecule has 576 valence electrons. The molecule has 0 fully saturated rings. The summed E-state index contributed by atoms with van der Waals surface area (Å²) in [7, 11) is -3.27. The molecule has 6 heterocycles. The van der Waals surface area contributed by atoms with Crippen molar-refractivity contribution in [1.29, 1.82) is 21.0 Å². The highest BCUT2D eigenvalue weighted by Crippen LogP contribution is 2.52. The summed E-state index contributed by atoms with van der Waals surface area (Å²) in [5, 5.41) is 40.8. The van der Waals surface area contributed by atoms with Crippen molar-refractivity contribution in [3.8, 4) is 24.3 Å². The normalized spacial score (nSPS) is 13.0. The zero-order chi connectivity index (χ0) is 82.1. The SMILES string of the molecule is C/C(C#N)=C/c1cn(Cc2cc(C)cc(C(F)(F)F)c2)c2ccc(Cl)cc12.C/C(C#N)=C/c1cn(Cc2cc(C)cc(C(F)(F)F)c2)c2nccc(Br)c12.C/C(C#N)=C/c1cn(Cc2cc(C)cc(C(F)(F)F)c2)c2nccc(Cl)c12.CCOP(C)(=O)/C(C#N)=C/c1cn(Cc2cc(C)cc(C(F)(F)F)c2)c2ccccc12. The van der Waals surface area contributed by atoms with E-state index < -0.39 is 54.3 Å². The lowest BCUT2D eigenvalue weighted by molar-refractivity contribution is -0.138. The Hall–Kier alpha value is -10.9. The van der Waals surface area contributed by atoms with Crippen LogP contribution in [0.2, 0.25) is 10.0 Å². The maximum Gasteiger partial charge on any atom is 0.416 e. The van der Waals surface area contributed by atoms with Crippen LogP contribution in [0.4, 0.5) is 52.7 Å². The summed E-state index contributed by atoms with van der Waals surface area (Å²) in [5.41, 5.74) is 8.89. The summed E-state index contributed by atoms with van der Waals surface area (Å²) in [4.78, 5) is 8.71. The molecule has 12 nitrogen and oxygen atoms in total. The van der Waals surface area contributed by atoms with E-state index in [4.69, 9.17) is 43.5 Å². The van der Waals surface area contributed by atoms with Crippen molar-refractivity contribution in [3.05, 3.63) is 290 Å². The van der Waals surface area contributed by atoms with E-state index in [1.54, 1.807) is 162 Å². The van der Waals surface area contributed by atoms with Gasteiger partial charge in [0.05, 0.1) is 52.1 Å². The van der Waals surface area contributed by atoms with Gasteiger partial charge in [-0.05, 0) is 203 Å². The van der Waals surface area contributed by atoms with Crippen molar-refractivity contribution in [2.45, 2.75) is 106 Å². The van der Waals surface area contributed by atoms with E-state index in [0.29, 0.717) is 99.1 Å². The van der Waals surface area contributed by atoms with Gasteiger partial charge >= 0.3 is 24.7 Å². The van der Waals surface area contributed by atoms with Crippen molar-refractivity contribution in [2.24, 2.45) is 0 Å². The third-order valence-electron chi connectivity index (χ3n) is 17.3. The molecule has 1 unspecified atom stereocenters. The average Bonchev–Trinajstić information content (AvgIpc) is 1.64. The first kappa shape index (κ1) is 85.1. The minimum atomic E-state index is -4.42. The number of hydrogen-bond donors (Lipinski definition) is 0. The first-order valence-corrected chi connectivity index (χ1v) is 37.7. The molecule has 0 aliphatic heterocycles. The van der Waals surface area contributed by atoms with Crippen LogP contribution < -0.4 is 0 Å². The standard InChI is InChI=1S/C23H22F3N2O2P.C21H16ClF3N2.C20H15BrF3N3.C20H15ClF3N3/c1-4-30-31(3,29)20(13-27)12-18-15-28(22-8-6-5-7-21(18)22)14-17-9-16(2)10-19(11-17)23(24,25)26;1-13-5-15(8-17(7-13)21(23,24)25)11-27-12-16(6-14(2)10-26)19-9-18(22)3-4-20(19)27;2*1-12-5-14(8-16(7-12)20(22,23)24)10-27-11-15(6-13(2)9-25)18-17(21)3-4-26-19(18)27/h5-12,15H,4,14H2,1-3H3;3-9,12H,11H2,1-2H3;2*3-8,11H,10H2,1-2H3/b20-12+;14-6-;2*13-6-. The molecule has 0 saturated carbocycles. The number of para-hydroxylation sites is 1. The third kappa shape index (κ3) is 21.4. The van der Waals surface area contributed by atoms with Gasteiger partial charge < -0.3 is 22.8 Å². The van der Waals surface area contributed by atoms with Crippen LogP contribution in [0.25, 0.3) is 68.2 Å². The van der Waals surface area contributed by atoms with Gasteiger partial charge in [0.15, 0.2) is 0 Å². The van der Waals surface area contributed by atoms with Crippen LogP contribution in [0.1, 0.15) is 117 Å². The highest BCUT2D eigenvalue weighted by molar-refractivity contribution is 9.10. The summed E-state index contributed by atoms with van der Waals surface area (Å²) in [6, 6.07) is 40.4. The van der Waals surface area contributed by atoms with E-state index in [2.05, 4.69) is 44.1 Å². The summed E-state index contributed by atoms with van der Waals surface area (Å²) >= 11 is 15.9. The number of benzene rings is 6. The fraction of sp³-hybridized carbons (Fsp3) is 0.214. The number of rotatable bonds is 15. The average molecular weight is 1660 g/mol. The Morgan fingerprint density at radius 1 is 0.473 bits per heavy atom. The molecule has 1 atom stereocenters. The Morgan fingerprint density at radius 3 is 1.25 bits per heavy atom. The van der Waals surface area contributed by atoms with E-state index in [-0.39, 0.29) is 38.1 Å². The van der Waals surface area contributed by atoms with Crippen LogP contribution in [0.5, 0.6) is 0 Å². The van der Waals surface area contributed by atoms with Crippen molar-refractivity contribution < 1.29 is 61.8 Å². The zero-order valence-electron chi connectivity index (χ0n) is 61.3. The van der Waals surface area contributed by atoms with Crippen LogP contribution >= 0.6 is 46.5 Å². The number of aryl methyl sites for hydroxylation is 4. The quantitative estimate of drug-likeness (QED) is 0.0555.